The standard InChI is InChI=1S/C16H19N3O2/c1-21-13-7-5-12(6-8-13)17-10-16(20)19-18-15-9-11-3-2-4-14(11)15/h2,4-8,11,14,17H,3,9-10H2,1H3,(H,19,20). The third kappa shape index (κ3) is 3.07. The minimum atomic E-state index is -0.135. The molecular formula is C16H19N3O2. The molecule has 21 heavy (non-hydrogen) atoms. The summed E-state index contributed by atoms with van der Waals surface area (Å²) in [6, 6.07) is 7.44. The van der Waals surface area contributed by atoms with Crippen LogP contribution in [0.3, 0.4) is 0 Å². The van der Waals surface area contributed by atoms with Crippen molar-refractivity contribution >= 4 is 17.3 Å². The van der Waals surface area contributed by atoms with Gasteiger partial charge in [-0.25, -0.2) is 5.43 Å². The number of anilines is 1. The first-order valence-corrected chi connectivity index (χ1v) is 7.16. The smallest absolute Gasteiger partial charge is 0.259 e. The van der Waals surface area contributed by atoms with Gasteiger partial charge < -0.3 is 10.1 Å². The molecule has 2 atom stereocenters. The molecule has 2 aliphatic carbocycles. The summed E-state index contributed by atoms with van der Waals surface area (Å²) in [7, 11) is 1.62. The molecule has 0 saturated heterocycles. The maximum Gasteiger partial charge on any atom is 0.259 e. The summed E-state index contributed by atoms with van der Waals surface area (Å²) in [6.07, 6.45) is 6.54. The number of hydrogen-bond acceptors (Lipinski definition) is 4. The summed E-state index contributed by atoms with van der Waals surface area (Å²) in [5.41, 5.74) is 4.58. The van der Waals surface area contributed by atoms with Gasteiger partial charge in [0.2, 0.25) is 0 Å². The first-order chi connectivity index (χ1) is 10.3. The molecule has 1 aromatic rings. The Balaban J connectivity index is 1.44. The van der Waals surface area contributed by atoms with Gasteiger partial charge >= 0.3 is 0 Å². The molecule has 5 nitrogen and oxygen atoms in total. The molecule has 3 rings (SSSR count). The van der Waals surface area contributed by atoms with E-state index in [4.69, 9.17) is 4.74 Å². The highest BCUT2D eigenvalue weighted by Gasteiger charge is 2.37. The van der Waals surface area contributed by atoms with E-state index in [9.17, 15) is 4.79 Å². The van der Waals surface area contributed by atoms with Crippen LogP contribution in [-0.4, -0.2) is 25.3 Å². The molecule has 0 heterocycles. The van der Waals surface area contributed by atoms with Gasteiger partial charge in [-0.1, -0.05) is 12.2 Å². The number of fused-ring (bicyclic) bond motifs is 1. The summed E-state index contributed by atoms with van der Waals surface area (Å²) in [5.74, 6) is 1.84. The first kappa shape index (κ1) is 13.7. The summed E-state index contributed by atoms with van der Waals surface area (Å²) in [6.45, 7) is 0.201. The van der Waals surface area contributed by atoms with Crippen LogP contribution in [-0.2, 0) is 4.79 Å². The summed E-state index contributed by atoms with van der Waals surface area (Å²) in [5, 5.41) is 7.27. The van der Waals surface area contributed by atoms with Crippen LogP contribution in [0, 0.1) is 11.8 Å². The molecule has 1 fully saturated rings. The Labute approximate surface area is 124 Å². The largest absolute Gasteiger partial charge is 0.497 e. The van der Waals surface area contributed by atoms with Crippen LogP contribution in [0.15, 0.2) is 41.5 Å². The molecule has 1 saturated carbocycles. The molecule has 2 aliphatic rings. The number of ether oxygens (including phenoxy) is 1. The third-order valence-electron chi connectivity index (χ3n) is 4.01. The lowest BCUT2D eigenvalue weighted by atomic mass is 9.74. The molecule has 0 bridgehead atoms. The number of nitrogens with one attached hydrogen (secondary N) is 2. The molecule has 2 N–H and O–H groups in total. The number of benzene rings is 1. The van der Waals surface area contributed by atoms with Crippen LogP contribution in [0.5, 0.6) is 5.75 Å². The lowest BCUT2D eigenvalue weighted by Crippen LogP contribution is -2.36. The summed E-state index contributed by atoms with van der Waals surface area (Å²) < 4.78 is 5.08. The van der Waals surface area contributed by atoms with Crippen molar-refractivity contribution in [1.82, 2.24) is 5.43 Å². The number of methoxy groups -OCH3 is 1. The number of carbonyl (C=O) groups is 1. The van der Waals surface area contributed by atoms with Crippen molar-refractivity contribution in [2.45, 2.75) is 12.8 Å². The normalized spacial score (nSPS) is 24.3. The van der Waals surface area contributed by atoms with Crippen molar-refractivity contribution in [2.75, 3.05) is 19.0 Å². The third-order valence-corrected chi connectivity index (χ3v) is 4.01. The zero-order valence-electron chi connectivity index (χ0n) is 12.0. The van der Waals surface area contributed by atoms with Crippen LogP contribution in [0.25, 0.3) is 0 Å². The van der Waals surface area contributed by atoms with E-state index in [1.807, 2.05) is 24.3 Å². The maximum atomic E-state index is 11.8. The minimum Gasteiger partial charge on any atom is -0.497 e. The topological polar surface area (TPSA) is 62.7 Å². The fourth-order valence-corrected chi connectivity index (χ4v) is 2.73. The van der Waals surface area contributed by atoms with E-state index < -0.39 is 0 Å². The van der Waals surface area contributed by atoms with Gasteiger partial charge in [0.1, 0.15) is 5.75 Å². The molecule has 110 valence electrons. The average Bonchev–Trinajstić information content (AvgIpc) is 2.87. The number of rotatable bonds is 5. The van der Waals surface area contributed by atoms with Crippen molar-refractivity contribution in [3.8, 4) is 5.75 Å². The Morgan fingerprint density at radius 3 is 2.90 bits per heavy atom. The van der Waals surface area contributed by atoms with Crippen LogP contribution in [0.2, 0.25) is 0 Å². The molecule has 2 unspecified atom stereocenters. The van der Waals surface area contributed by atoms with Crippen molar-refractivity contribution < 1.29 is 9.53 Å². The monoisotopic (exact) mass is 285 g/mol. The van der Waals surface area contributed by atoms with Gasteiger partial charge in [0, 0.05) is 17.3 Å². The van der Waals surface area contributed by atoms with E-state index in [1.54, 1.807) is 7.11 Å². The molecule has 1 amide bonds. The molecule has 0 aliphatic heterocycles. The van der Waals surface area contributed by atoms with E-state index in [2.05, 4.69) is 28.0 Å². The SMILES string of the molecule is COc1ccc(NCC(=O)NN=C2CC3CC=CC23)cc1. The van der Waals surface area contributed by atoms with Crippen LogP contribution in [0.1, 0.15) is 12.8 Å². The molecule has 5 heteroatoms. The molecule has 0 aromatic heterocycles. The Bertz CT molecular complexity index is 578. The lowest BCUT2D eigenvalue weighted by molar-refractivity contribution is -0.119. The number of carbonyl (C=O) groups excluding carboxylic acids is 1. The van der Waals surface area contributed by atoms with Crippen molar-refractivity contribution in [3.63, 3.8) is 0 Å². The Morgan fingerprint density at radius 1 is 1.38 bits per heavy atom. The highest BCUT2D eigenvalue weighted by Crippen LogP contribution is 2.40. The lowest BCUT2D eigenvalue weighted by Gasteiger charge is -2.31. The molecule has 0 radical (unpaired) electrons. The second-order valence-corrected chi connectivity index (χ2v) is 5.37. The summed E-state index contributed by atoms with van der Waals surface area (Å²) >= 11 is 0. The maximum absolute atomic E-state index is 11.8. The fourth-order valence-electron chi connectivity index (χ4n) is 2.73. The predicted octanol–water partition coefficient (Wildman–Crippen LogP) is 2.18. The molecular weight excluding hydrogens is 266 g/mol. The van der Waals surface area contributed by atoms with E-state index in [-0.39, 0.29) is 12.5 Å². The van der Waals surface area contributed by atoms with E-state index in [1.165, 1.54) is 0 Å². The van der Waals surface area contributed by atoms with Gasteiger partial charge in [-0.3, -0.25) is 4.79 Å². The van der Waals surface area contributed by atoms with Gasteiger partial charge in [0.15, 0.2) is 0 Å². The van der Waals surface area contributed by atoms with Crippen LogP contribution in [0.4, 0.5) is 5.69 Å². The second kappa shape index (κ2) is 5.99. The average molecular weight is 285 g/mol. The zero-order chi connectivity index (χ0) is 14.7. The summed E-state index contributed by atoms with van der Waals surface area (Å²) in [4.78, 5) is 11.8. The van der Waals surface area contributed by atoms with E-state index in [0.717, 1.165) is 35.9 Å². The van der Waals surface area contributed by atoms with Gasteiger partial charge in [-0.15, -0.1) is 0 Å². The van der Waals surface area contributed by atoms with Crippen LogP contribution >= 0.6 is 0 Å². The number of hydrogen-bond donors (Lipinski definition) is 2. The second-order valence-electron chi connectivity index (χ2n) is 5.37. The van der Waals surface area contributed by atoms with Crippen LogP contribution < -0.4 is 15.5 Å². The van der Waals surface area contributed by atoms with Gasteiger partial charge in [-0.2, -0.15) is 5.10 Å². The first-order valence-electron chi connectivity index (χ1n) is 7.16. The fraction of sp³-hybridized carbons (Fsp3) is 0.375. The van der Waals surface area contributed by atoms with Gasteiger partial charge in [0.05, 0.1) is 13.7 Å². The number of allylic oxidation sites excluding steroid dienone is 2. The zero-order valence-corrected chi connectivity index (χ0v) is 12.0. The Hall–Kier alpha value is -2.30. The van der Waals surface area contributed by atoms with E-state index >= 15 is 0 Å². The van der Waals surface area contributed by atoms with E-state index in [0.29, 0.717) is 5.92 Å². The number of hydrazone groups is 1. The molecule has 1 aromatic carbocycles. The number of amides is 1. The minimum absolute atomic E-state index is 0.135. The molecule has 0 spiro atoms. The van der Waals surface area contributed by atoms with Gasteiger partial charge in [0.25, 0.3) is 5.91 Å². The van der Waals surface area contributed by atoms with Crippen molar-refractivity contribution in [1.29, 1.82) is 0 Å². The number of nitrogens with zero attached hydrogens (tertiary/aromatic N) is 1. The van der Waals surface area contributed by atoms with Crippen molar-refractivity contribution in [3.05, 3.63) is 36.4 Å². The Kier molecular flexibility index (Phi) is 3.90. The Morgan fingerprint density at radius 2 is 2.19 bits per heavy atom. The highest BCUT2D eigenvalue weighted by molar-refractivity contribution is 5.95. The predicted molar refractivity (Wildman–Crippen MR) is 82.4 cm³/mol. The quantitative estimate of drug-likeness (QED) is 0.644. The highest BCUT2D eigenvalue weighted by atomic mass is 16.5. The van der Waals surface area contributed by atoms with Gasteiger partial charge in [-0.05, 0) is 43.0 Å². The van der Waals surface area contributed by atoms with Crippen molar-refractivity contribution in [2.24, 2.45) is 16.9 Å².